The van der Waals surface area contributed by atoms with Gasteiger partial charge in [0.1, 0.15) is 5.82 Å². The molecular formula is C9H13FO3S. The van der Waals surface area contributed by atoms with Gasteiger partial charge in [-0.15, -0.1) is 0 Å². The van der Waals surface area contributed by atoms with Gasteiger partial charge in [-0.25, -0.2) is 4.39 Å². The van der Waals surface area contributed by atoms with Crippen molar-refractivity contribution in [3.63, 3.8) is 0 Å². The highest BCUT2D eigenvalue weighted by Gasteiger charge is 2.04. The van der Waals surface area contributed by atoms with Gasteiger partial charge in [-0.2, -0.15) is 8.42 Å². The monoisotopic (exact) mass is 220 g/mol. The summed E-state index contributed by atoms with van der Waals surface area (Å²) in [6.45, 7) is 0. The third-order valence-electron chi connectivity index (χ3n) is 1.56. The van der Waals surface area contributed by atoms with Crippen LogP contribution in [0.1, 0.15) is 13.0 Å². The molecule has 0 aromatic heterocycles. The van der Waals surface area contributed by atoms with Crippen molar-refractivity contribution >= 4 is 10.1 Å². The van der Waals surface area contributed by atoms with Crippen molar-refractivity contribution in [1.82, 2.24) is 0 Å². The zero-order chi connectivity index (χ0) is 9.90. The molecule has 0 spiro atoms. The highest BCUT2D eigenvalue weighted by atomic mass is 32.2. The molecule has 1 aromatic carbocycles. The van der Waals surface area contributed by atoms with Gasteiger partial charge in [0.2, 0.25) is 0 Å². The fourth-order valence-electron chi connectivity index (χ4n) is 0.898. The molecule has 0 aliphatic rings. The Kier molecular flexibility index (Phi) is 4.73. The maximum atomic E-state index is 12.4. The van der Waals surface area contributed by atoms with Crippen LogP contribution >= 0.6 is 0 Å². The fourth-order valence-corrected chi connectivity index (χ4v) is 1.39. The number of hydrogen-bond acceptors (Lipinski definition) is 2. The van der Waals surface area contributed by atoms with Crippen molar-refractivity contribution in [3.05, 3.63) is 35.6 Å². The van der Waals surface area contributed by atoms with Crippen molar-refractivity contribution in [2.24, 2.45) is 0 Å². The Hall–Kier alpha value is -0.940. The zero-order valence-electron chi connectivity index (χ0n) is 6.77. The molecule has 80 valence electrons. The van der Waals surface area contributed by atoms with Crippen LogP contribution in [-0.2, 0) is 16.5 Å². The number of aryl methyl sites for hydroxylation is 1. The third kappa shape index (κ3) is 4.94. The van der Waals surface area contributed by atoms with Crippen molar-refractivity contribution < 1.29 is 17.4 Å². The van der Waals surface area contributed by atoms with Gasteiger partial charge in [-0.3, -0.25) is 4.55 Å². The van der Waals surface area contributed by atoms with Crippen LogP contribution < -0.4 is 0 Å². The molecule has 0 atom stereocenters. The van der Waals surface area contributed by atoms with Crippen molar-refractivity contribution in [2.45, 2.75) is 13.8 Å². The first kappa shape index (κ1) is 13.1. The minimum absolute atomic E-state index is 0. The van der Waals surface area contributed by atoms with Crippen LogP contribution in [0.25, 0.3) is 0 Å². The number of hydrogen-bond donors (Lipinski definition) is 1. The van der Waals surface area contributed by atoms with Gasteiger partial charge in [-0.05, 0) is 24.1 Å². The van der Waals surface area contributed by atoms with Crippen LogP contribution in [0.2, 0.25) is 0 Å². The Morgan fingerprint density at radius 2 is 1.71 bits per heavy atom. The summed E-state index contributed by atoms with van der Waals surface area (Å²) >= 11 is 0. The van der Waals surface area contributed by atoms with E-state index < -0.39 is 10.1 Å². The maximum Gasteiger partial charge on any atom is 0.265 e. The summed E-state index contributed by atoms with van der Waals surface area (Å²) in [7, 11) is -3.93. The van der Waals surface area contributed by atoms with Crippen molar-refractivity contribution in [3.8, 4) is 0 Å². The number of benzene rings is 1. The molecule has 1 N–H and O–H groups in total. The lowest BCUT2D eigenvalue weighted by Crippen LogP contribution is -2.06. The first-order valence-electron chi connectivity index (χ1n) is 3.67. The normalized spacial score (nSPS) is 10.7. The molecule has 0 aliphatic carbocycles. The van der Waals surface area contributed by atoms with Crippen LogP contribution in [0.15, 0.2) is 24.3 Å². The standard InChI is InChI=1S/C8H9FO3S.CH4/c9-8-3-1-7(2-4-8)5-6-13(10,11)12;/h1-4H,5-6H2,(H,10,11,12);1H4. The number of rotatable bonds is 3. The maximum absolute atomic E-state index is 12.4. The molecule has 1 aromatic rings. The van der Waals surface area contributed by atoms with E-state index in [0.717, 1.165) is 0 Å². The topological polar surface area (TPSA) is 54.4 Å². The molecule has 1 rings (SSSR count). The van der Waals surface area contributed by atoms with Gasteiger partial charge < -0.3 is 0 Å². The molecule has 0 bridgehead atoms. The molecule has 3 nitrogen and oxygen atoms in total. The second-order valence-electron chi connectivity index (χ2n) is 2.66. The SMILES string of the molecule is C.O=S(=O)(O)CCc1ccc(F)cc1. The minimum atomic E-state index is -3.93. The quantitative estimate of drug-likeness (QED) is 0.791. The van der Waals surface area contributed by atoms with Crippen molar-refractivity contribution in [2.75, 3.05) is 5.75 Å². The van der Waals surface area contributed by atoms with Gasteiger partial charge in [-0.1, -0.05) is 19.6 Å². The molecule has 0 radical (unpaired) electrons. The fraction of sp³-hybridized carbons (Fsp3) is 0.333. The first-order valence-corrected chi connectivity index (χ1v) is 5.28. The molecule has 14 heavy (non-hydrogen) atoms. The van der Waals surface area contributed by atoms with Crippen LogP contribution in [0.3, 0.4) is 0 Å². The van der Waals surface area contributed by atoms with Gasteiger partial charge in [0, 0.05) is 0 Å². The average Bonchev–Trinajstić information content (AvgIpc) is 2.02. The largest absolute Gasteiger partial charge is 0.286 e. The lowest BCUT2D eigenvalue weighted by Gasteiger charge is -1.98. The van der Waals surface area contributed by atoms with E-state index in [0.29, 0.717) is 5.56 Å². The molecular weight excluding hydrogens is 207 g/mol. The molecule has 0 amide bonds. The predicted molar refractivity (Wildman–Crippen MR) is 53.3 cm³/mol. The lowest BCUT2D eigenvalue weighted by atomic mass is 10.2. The van der Waals surface area contributed by atoms with E-state index in [2.05, 4.69) is 0 Å². The van der Waals surface area contributed by atoms with Crippen LogP contribution in [0.4, 0.5) is 4.39 Å². The van der Waals surface area contributed by atoms with Crippen molar-refractivity contribution in [1.29, 1.82) is 0 Å². The van der Waals surface area contributed by atoms with Gasteiger partial charge in [0.25, 0.3) is 10.1 Å². The minimum Gasteiger partial charge on any atom is -0.286 e. The second kappa shape index (κ2) is 5.07. The molecule has 0 saturated carbocycles. The number of halogens is 1. The first-order chi connectivity index (χ1) is 5.97. The zero-order valence-corrected chi connectivity index (χ0v) is 7.59. The second-order valence-corrected chi connectivity index (χ2v) is 4.23. The van der Waals surface area contributed by atoms with E-state index in [1.807, 2.05) is 0 Å². The molecule has 5 heteroatoms. The van der Waals surface area contributed by atoms with Gasteiger partial charge >= 0.3 is 0 Å². The summed E-state index contributed by atoms with van der Waals surface area (Å²) in [5.74, 6) is -0.700. The van der Waals surface area contributed by atoms with Crippen LogP contribution in [-0.4, -0.2) is 18.7 Å². The molecule has 0 unspecified atom stereocenters. The smallest absolute Gasteiger partial charge is 0.265 e. The van der Waals surface area contributed by atoms with E-state index >= 15 is 0 Å². The Morgan fingerprint density at radius 1 is 1.21 bits per heavy atom. The molecule has 0 aliphatic heterocycles. The van der Waals surface area contributed by atoms with Crippen LogP contribution in [0.5, 0.6) is 0 Å². The third-order valence-corrected chi connectivity index (χ3v) is 2.28. The molecule has 0 saturated heterocycles. The van der Waals surface area contributed by atoms with Crippen LogP contribution in [0, 0.1) is 5.82 Å². The van der Waals surface area contributed by atoms with E-state index in [1.54, 1.807) is 0 Å². The summed E-state index contributed by atoms with van der Waals surface area (Å²) in [6.07, 6.45) is 0.194. The highest BCUT2D eigenvalue weighted by Crippen LogP contribution is 2.04. The Morgan fingerprint density at radius 3 is 2.14 bits per heavy atom. The lowest BCUT2D eigenvalue weighted by molar-refractivity contribution is 0.482. The molecule has 0 heterocycles. The Balaban J connectivity index is 0.00000169. The predicted octanol–water partition coefficient (Wildman–Crippen LogP) is 1.89. The van der Waals surface area contributed by atoms with E-state index in [1.165, 1.54) is 24.3 Å². The molecule has 0 fully saturated rings. The summed E-state index contributed by atoms with van der Waals surface area (Å²) in [4.78, 5) is 0. The Labute approximate surface area is 83.3 Å². The summed E-state index contributed by atoms with van der Waals surface area (Å²) < 4.78 is 41.5. The summed E-state index contributed by atoms with van der Waals surface area (Å²) in [6, 6.07) is 5.47. The summed E-state index contributed by atoms with van der Waals surface area (Å²) in [5.41, 5.74) is 0.680. The van der Waals surface area contributed by atoms with Gasteiger partial charge in [0.05, 0.1) is 5.75 Å². The Bertz CT molecular complexity index is 370. The van der Waals surface area contributed by atoms with E-state index in [-0.39, 0.29) is 25.4 Å². The average molecular weight is 220 g/mol. The van der Waals surface area contributed by atoms with E-state index in [4.69, 9.17) is 4.55 Å². The van der Waals surface area contributed by atoms with E-state index in [9.17, 15) is 12.8 Å². The highest BCUT2D eigenvalue weighted by molar-refractivity contribution is 7.85. The summed E-state index contributed by atoms with van der Waals surface area (Å²) in [5, 5.41) is 0. The van der Waals surface area contributed by atoms with Gasteiger partial charge in [0.15, 0.2) is 0 Å².